The van der Waals surface area contributed by atoms with Crippen LogP contribution in [0.2, 0.25) is 0 Å². The maximum absolute atomic E-state index is 12.7. The number of thiocarbonyl (C=S) groups is 1. The predicted octanol–water partition coefficient (Wildman–Crippen LogP) is 1.23. The smallest absolute Gasteiger partial charge is 0.413 e. The summed E-state index contributed by atoms with van der Waals surface area (Å²) in [6.45, 7) is 2.87. The zero-order chi connectivity index (χ0) is 13.2. The van der Waals surface area contributed by atoms with Gasteiger partial charge in [-0.05, 0) is 26.1 Å². The maximum atomic E-state index is 12.7. The number of rotatable bonds is 2. The van der Waals surface area contributed by atoms with Crippen molar-refractivity contribution in [3.63, 3.8) is 0 Å². The van der Waals surface area contributed by atoms with Gasteiger partial charge in [0.05, 0.1) is 12.2 Å². The number of esters is 1. The van der Waals surface area contributed by atoms with Gasteiger partial charge in [-0.25, -0.2) is 4.79 Å². The van der Waals surface area contributed by atoms with Crippen LogP contribution in [-0.4, -0.2) is 29.9 Å². The fraction of sp³-hybridized carbons (Fsp3) is 0.556. The molecule has 17 heavy (non-hydrogen) atoms. The molecule has 1 atom stereocenters. The zero-order valence-corrected chi connectivity index (χ0v) is 9.96. The van der Waals surface area contributed by atoms with Crippen molar-refractivity contribution in [1.82, 2.24) is 10.6 Å². The molecule has 4 nitrogen and oxygen atoms in total. The van der Waals surface area contributed by atoms with Crippen LogP contribution >= 0.6 is 12.2 Å². The number of hydrogen-bond donors (Lipinski definition) is 2. The van der Waals surface area contributed by atoms with Crippen LogP contribution in [0.25, 0.3) is 0 Å². The van der Waals surface area contributed by atoms with Crippen LogP contribution < -0.4 is 10.6 Å². The molecule has 0 fully saturated rings. The van der Waals surface area contributed by atoms with Gasteiger partial charge in [-0.3, -0.25) is 0 Å². The van der Waals surface area contributed by atoms with Gasteiger partial charge in [0.1, 0.15) is 0 Å². The fourth-order valence-corrected chi connectivity index (χ4v) is 1.69. The Morgan fingerprint density at radius 2 is 2.12 bits per heavy atom. The Hall–Kier alpha value is -1.31. The Morgan fingerprint density at radius 1 is 1.53 bits per heavy atom. The number of nitrogens with one attached hydrogen (secondary N) is 2. The second-order valence-corrected chi connectivity index (χ2v) is 3.74. The normalized spacial score (nSPS) is 20.8. The molecule has 1 aliphatic rings. The van der Waals surface area contributed by atoms with Crippen molar-refractivity contribution in [3.05, 3.63) is 11.3 Å². The average Bonchev–Trinajstić information content (AvgIpc) is 2.15. The molecule has 1 heterocycles. The van der Waals surface area contributed by atoms with E-state index < -0.39 is 23.8 Å². The summed E-state index contributed by atoms with van der Waals surface area (Å²) in [7, 11) is 0. The van der Waals surface area contributed by atoms with Crippen LogP contribution in [0.1, 0.15) is 13.8 Å². The molecule has 0 amide bonds. The number of hydrogen-bond acceptors (Lipinski definition) is 3. The molecule has 1 rings (SSSR count). The van der Waals surface area contributed by atoms with Crippen molar-refractivity contribution in [2.75, 3.05) is 6.61 Å². The molecule has 0 aromatic carbocycles. The van der Waals surface area contributed by atoms with E-state index in [1.54, 1.807) is 0 Å². The van der Waals surface area contributed by atoms with Crippen molar-refractivity contribution < 1.29 is 22.7 Å². The largest absolute Gasteiger partial charge is 0.463 e. The third kappa shape index (κ3) is 3.09. The summed E-state index contributed by atoms with van der Waals surface area (Å²) in [5.74, 6) is -1.00. The lowest BCUT2D eigenvalue weighted by molar-refractivity contribution is -0.155. The second kappa shape index (κ2) is 4.91. The molecule has 2 N–H and O–H groups in total. The molecular formula is C9H11F3N2O2S. The van der Waals surface area contributed by atoms with E-state index in [4.69, 9.17) is 0 Å². The molecule has 96 valence electrons. The van der Waals surface area contributed by atoms with Gasteiger partial charge in [-0.15, -0.1) is 0 Å². The van der Waals surface area contributed by atoms with Crippen molar-refractivity contribution in [1.29, 1.82) is 0 Å². The first-order chi connectivity index (χ1) is 7.77. The minimum Gasteiger partial charge on any atom is -0.463 e. The van der Waals surface area contributed by atoms with Gasteiger partial charge in [0.15, 0.2) is 11.2 Å². The number of halogens is 3. The Bertz CT molecular complexity index is 379. The summed E-state index contributed by atoms with van der Waals surface area (Å²) in [6, 6.07) is -2.13. The summed E-state index contributed by atoms with van der Waals surface area (Å²) in [6.07, 6.45) is -4.62. The quantitative estimate of drug-likeness (QED) is 0.583. The number of alkyl halides is 3. The highest BCUT2D eigenvalue weighted by atomic mass is 32.1. The van der Waals surface area contributed by atoms with Gasteiger partial charge in [-0.2, -0.15) is 13.2 Å². The number of allylic oxidation sites excluding steroid dienone is 1. The Balaban J connectivity index is 3.13. The molecule has 8 heteroatoms. The van der Waals surface area contributed by atoms with E-state index >= 15 is 0 Å². The lowest BCUT2D eigenvalue weighted by Gasteiger charge is -2.30. The molecule has 0 aliphatic carbocycles. The van der Waals surface area contributed by atoms with E-state index in [0.717, 1.165) is 0 Å². The molecule has 0 aromatic heterocycles. The van der Waals surface area contributed by atoms with Gasteiger partial charge in [-0.1, -0.05) is 0 Å². The van der Waals surface area contributed by atoms with Gasteiger partial charge < -0.3 is 15.4 Å². The highest BCUT2D eigenvalue weighted by Crippen LogP contribution is 2.29. The molecular weight excluding hydrogens is 257 g/mol. The van der Waals surface area contributed by atoms with Crippen LogP contribution in [-0.2, 0) is 9.53 Å². The second-order valence-electron chi connectivity index (χ2n) is 3.33. The number of carbonyl (C=O) groups excluding carboxylic acids is 1. The van der Waals surface area contributed by atoms with E-state index in [2.05, 4.69) is 22.3 Å². The molecule has 0 saturated heterocycles. The topological polar surface area (TPSA) is 50.4 Å². The van der Waals surface area contributed by atoms with Gasteiger partial charge in [0.25, 0.3) is 0 Å². The van der Waals surface area contributed by atoms with E-state index in [9.17, 15) is 18.0 Å². The first-order valence-electron chi connectivity index (χ1n) is 4.79. The molecule has 0 saturated carbocycles. The Labute approximate surface area is 101 Å². The number of ether oxygens (including phenoxy) is 1. The summed E-state index contributed by atoms with van der Waals surface area (Å²) in [5, 5.41) is 4.31. The van der Waals surface area contributed by atoms with Crippen molar-refractivity contribution >= 4 is 23.3 Å². The average molecular weight is 268 g/mol. The zero-order valence-electron chi connectivity index (χ0n) is 9.14. The minimum absolute atomic E-state index is 0.00460. The summed E-state index contributed by atoms with van der Waals surface area (Å²) in [5.41, 5.74) is -0.442. The highest BCUT2D eigenvalue weighted by Gasteiger charge is 2.48. The van der Waals surface area contributed by atoms with Crippen LogP contribution in [0.15, 0.2) is 11.3 Å². The minimum atomic E-state index is -4.62. The summed E-state index contributed by atoms with van der Waals surface area (Å²) < 4.78 is 42.8. The third-order valence-corrected chi connectivity index (χ3v) is 2.31. The highest BCUT2D eigenvalue weighted by molar-refractivity contribution is 7.80. The predicted molar refractivity (Wildman–Crippen MR) is 58.0 cm³/mol. The first-order valence-corrected chi connectivity index (χ1v) is 5.20. The lowest BCUT2D eigenvalue weighted by atomic mass is 10.0. The summed E-state index contributed by atoms with van der Waals surface area (Å²) in [4.78, 5) is 11.5. The first kappa shape index (κ1) is 13.8. The summed E-state index contributed by atoms with van der Waals surface area (Å²) >= 11 is 4.62. The van der Waals surface area contributed by atoms with Gasteiger partial charge in [0.2, 0.25) is 0 Å². The third-order valence-electron chi connectivity index (χ3n) is 2.09. The van der Waals surface area contributed by atoms with Crippen molar-refractivity contribution in [2.45, 2.75) is 26.1 Å². The number of carbonyl (C=O) groups is 1. The van der Waals surface area contributed by atoms with Crippen LogP contribution in [0.5, 0.6) is 0 Å². The van der Waals surface area contributed by atoms with Crippen LogP contribution in [0.3, 0.4) is 0 Å². The SMILES string of the molecule is CCOC(=O)C1=C(C)NC(=S)NC1C(F)(F)F. The molecule has 0 spiro atoms. The van der Waals surface area contributed by atoms with E-state index in [1.165, 1.54) is 13.8 Å². The van der Waals surface area contributed by atoms with Crippen LogP contribution in [0.4, 0.5) is 13.2 Å². The molecule has 0 aromatic rings. The van der Waals surface area contributed by atoms with E-state index in [-0.39, 0.29) is 17.4 Å². The molecule has 1 unspecified atom stereocenters. The van der Waals surface area contributed by atoms with Gasteiger partial charge in [0, 0.05) is 5.70 Å². The Kier molecular flexibility index (Phi) is 3.97. The molecule has 1 aliphatic heterocycles. The van der Waals surface area contributed by atoms with Crippen LogP contribution in [0, 0.1) is 0 Å². The molecule has 0 radical (unpaired) electrons. The van der Waals surface area contributed by atoms with E-state index in [0.29, 0.717) is 0 Å². The molecule has 0 bridgehead atoms. The maximum Gasteiger partial charge on any atom is 0.413 e. The lowest BCUT2D eigenvalue weighted by Crippen LogP contribution is -2.56. The standard InChI is InChI=1S/C9H11F3N2O2S/c1-3-16-7(15)5-4(2)13-8(17)14-6(5)9(10,11)12/h6H,3H2,1-2H3,(H2,13,14,17). The monoisotopic (exact) mass is 268 g/mol. The van der Waals surface area contributed by atoms with Crippen molar-refractivity contribution in [2.24, 2.45) is 0 Å². The van der Waals surface area contributed by atoms with Crippen molar-refractivity contribution in [3.8, 4) is 0 Å². The Morgan fingerprint density at radius 3 is 2.59 bits per heavy atom. The fourth-order valence-electron chi connectivity index (χ4n) is 1.42. The van der Waals surface area contributed by atoms with E-state index in [1.807, 2.05) is 5.32 Å². The van der Waals surface area contributed by atoms with Gasteiger partial charge >= 0.3 is 12.1 Å².